The van der Waals surface area contributed by atoms with Crippen LogP contribution in [-0.4, -0.2) is 5.11 Å². The summed E-state index contributed by atoms with van der Waals surface area (Å²) in [5.74, 6) is 0. The van der Waals surface area contributed by atoms with E-state index in [1.54, 1.807) is 0 Å². The fourth-order valence-corrected chi connectivity index (χ4v) is 2.63. The summed E-state index contributed by atoms with van der Waals surface area (Å²) in [4.78, 5) is 0. The summed E-state index contributed by atoms with van der Waals surface area (Å²) in [5, 5.41) is 7.78. The van der Waals surface area contributed by atoms with Crippen molar-refractivity contribution < 1.29 is 0 Å². The first-order valence-corrected chi connectivity index (χ1v) is 8.20. The zero-order valence-electron chi connectivity index (χ0n) is 13.1. The van der Waals surface area contributed by atoms with Crippen LogP contribution in [0.2, 0.25) is 5.02 Å². The summed E-state index contributed by atoms with van der Waals surface area (Å²) >= 11 is 11.5. The molecule has 0 aliphatic heterocycles. The van der Waals surface area contributed by atoms with E-state index in [1.807, 2.05) is 25.1 Å². The molecular weight excluding hydrogens is 312 g/mol. The molecule has 2 aromatic carbocycles. The third-order valence-corrected chi connectivity index (χ3v) is 4.29. The number of benzene rings is 2. The molecule has 0 aliphatic carbocycles. The van der Waals surface area contributed by atoms with Crippen LogP contribution in [0.4, 0.5) is 5.69 Å². The predicted molar refractivity (Wildman–Crippen MR) is 99.8 cm³/mol. The molecule has 22 heavy (non-hydrogen) atoms. The number of rotatable bonds is 4. The Kier molecular flexibility index (Phi) is 5.81. The molecule has 2 rings (SSSR count). The molecule has 0 aromatic heterocycles. The first kappa shape index (κ1) is 16.8. The molecule has 0 saturated carbocycles. The Hall–Kier alpha value is -1.58. The number of halogens is 1. The molecular formula is C18H21ClN2S. The van der Waals surface area contributed by atoms with Gasteiger partial charge >= 0.3 is 0 Å². The Morgan fingerprint density at radius 1 is 1.18 bits per heavy atom. The van der Waals surface area contributed by atoms with Gasteiger partial charge in [-0.2, -0.15) is 0 Å². The van der Waals surface area contributed by atoms with E-state index >= 15 is 0 Å². The van der Waals surface area contributed by atoms with E-state index in [2.05, 4.69) is 48.7 Å². The standard InChI is InChI=1S/C18H21ClN2S/c1-4-14-6-8-15(9-7-14)13(3)20-18(22)21-16-10-5-12(2)17(19)11-16/h5-11,13H,4H2,1-3H3,(H2,20,21,22). The first-order chi connectivity index (χ1) is 10.5. The second-order valence-electron chi connectivity index (χ2n) is 5.38. The Morgan fingerprint density at radius 2 is 1.86 bits per heavy atom. The maximum atomic E-state index is 6.12. The van der Waals surface area contributed by atoms with Crippen LogP contribution in [-0.2, 0) is 6.42 Å². The number of anilines is 1. The first-order valence-electron chi connectivity index (χ1n) is 7.42. The maximum absolute atomic E-state index is 6.12. The minimum absolute atomic E-state index is 0.145. The highest BCUT2D eigenvalue weighted by molar-refractivity contribution is 7.80. The molecule has 2 N–H and O–H groups in total. The van der Waals surface area contributed by atoms with Crippen LogP contribution in [0.3, 0.4) is 0 Å². The monoisotopic (exact) mass is 332 g/mol. The Morgan fingerprint density at radius 3 is 2.45 bits per heavy atom. The molecule has 1 unspecified atom stereocenters. The molecule has 4 heteroatoms. The summed E-state index contributed by atoms with van der Waals surface area (Å²) in [5.41, 5.74) is 4.49. The third kappa shape index (κ3) is 4.46. The van der Waals surface area contributed by atoms with Gasteiger partial charge in [0, 0.05) is 10.7 Å². The minimum atomic E-state index is 0.145. The van der Waals surface area contributed by atoms with E-state index in [4.69, 9.17) is 23.8 Å². The van der Waals surface area contributed by atoms with Crippen LogP contribution < -0.4 is 10.6 Å². The number of hydrogen-bond donors (Lipinski definition) is 2. The molecule has 2 nitrogen and oxygen atoms in total. The lowest BCUT2D eigenvalue weighted by molar-refractivity contribution is 0.722. The van der Waals surface area contributed by atoms with Gasteiger partial charge in [-0.25, -0.2) is 0 Å². The number of thiocarbonyl (C=S) groups is 1. The summed E-state index contributed by atoms with van der Waals surface area (Å²) in [6, 6.07) is 14.6. The summed E-state index contributed by atoms with van der Waals surface area (Å²) in [6.07, 6.45) is 1.05. The third-order valence-electron chi connectivity index (χ3n) is 3.67. The fraction of sp³-hybridized carbons (Fsp3) is 0.278. The van der Waals surface area contributed by atoms with E-state index in [1.165, 1.54) is 11.1 Å². The molecule has 0 spiro atoms. The molecule has 116 valence electrons. The largest absolute Gasteiger partial charge is 0.356 e. The molecule has 1 atom stereocenters. The lowest BCUT2D eigenvalue weighted by Crippen LogP contribution is -2.30. The van der Waals surface area contributed by atoms with E-state index in [0.717, 1.165) is 22.7 Å². The van der Waals surface area contributed by atoms with Crippen molar-refractivity contribution in [2.45, 2.75) is 33.2 Å². The summed E-state index contributed by atoms with van der Waals surface area (Å²) in [7, 11) is 0. The van der Waals surface area contributed by atoms with Crippen LogP contribution in [0.15, 0.2) is 42.5 Å². The zero-order chi connectivity index (χ0) is 16.1. The van der Waals surface area contributed by atoms with Gasteiger partial charge in [-0.05, 0) is 61.3 Å². The maximum Gasteiger partial charge on any atom is 0.171 e. The summed E-state index contributed by atoms with van der Waals surface area (Å²) in [6.45, 7) is 6.23. The Balaban J connectivity index is 1.96. The molecule has 0 amide bonds. The Labute approximate surface area is 142 Å². The smallest absolute Gasteiger partial charge is 0.171 e. The van der Waals surface area contributed by atoms with Crippen molar-refractivity contribution in [2.75, 3.05) is 5.32 Å². The van der Waals surface area contributed by atoms with E-state index in [0.29, 0.717) is 5.11 Å². The molecule has 0 radical (unpaired) electrons. The van der Waals surface area contributed by atoms with Crippen molar-refractivity contribution >= 4 is 34.6 Å². The van der Waals surface area contributed by atoms with Crippen LogP contribution in [0, 0.1) is 6.92 Å². The van der Waals surface area contributed by atoms with Gasteiger partial charge in [0.05, 0.1) is 6.04 Å². The normalized spacial score (nSPS) is 11.8. The highest BCUT2D eigenvalue weighted by Gasteiger charge is 2.07. The molecule has 2 aromatic rings. The second kappa shape index (κ2) is 7.61. The van der Waals surface area contributed by atoms with E-state index in [-0.39, 0.29) is 6.04 Å². The van der Waals surface area contributed by atoms with E-state index < -0.39 is 0 Å². The van der Waals surface area contributed by atoms with Gasteiger partial charge in [-0.1, -0.05) is 48.9 Å². The molecule has 0 bridgehead atoms. The van der Waals surface area contributed by atoms with E-state index in [9.17, 15) is 0 Å². The van der Waals surface area contributed by atoms with Gasteiger partial charge in [-0.15, -0.1) is 0 Å². The van der Waals surface area contributed by atoms with Crippen molar-refractivity contribution in [1.29, 1.82) is 0 Å². The van der Waals surface area contributed by atoms with Crippen LogP contribution >= 0.6 is 23.8 Å². The van der Waals surface area contributed by atoms with Crippen LogP contribution in [0.5, 0.6) is 0 Å². The second-order valence-corrected chi connectivity index (χ2v) is 6.19. The van der Waals surface area contributed by atoms with Gasteiger partial charge in [-0.3, -0.25) is 0 Å². The van der Waals surface area contributed by atoms with Crippen molar-refractivity contribution in [2.24, 2.45) is 0 Å². The molecule has 0 heterocycles. The number of aryl methyl sites for hydroxylation is 2. The quantitative estimate of drug-likeness (QED) is 0.747. The van der Waals surface area contributed by atoms with Gasteiger partial charge < -0.3 is 10.6 Å². The Bertz CT molecular complexity index is 653. The van der Waals surface area contributed by atoms with Crippen molar-refractivity contribution in [3.63, 3.8) is 0 Å². The molecule has 0 fully saturated rings. The molecule has 0 aliphatic rings. The van der Waals surface area contributed by atoms with Crippen molar-refractivity contribution in [1.82, 2.24) is 5.32 Å². The van der Waals surface area contributed by atoms with Gasteiger partial charge in [0.15, 0.2) is 5.11 Å². The molecule has 0 saturated heterocycles. The lowest BCUT2D eigenvalue weighted by atomic mass is 10.1. The number of hydrogen-bond acceptors (Lipinski definition) is 1. The van der Waals surface area contributed by atoms with Crippen molar-refractivity contribution in [3.8, 4) is 0 Å². The van der Waals surface area contributed by atoms with Gasteiger partial charge in [0.1, 0.15) is 0 Å². The van der Waals surface area contributed by atoms with Gasteiger partial charge in [0.2, 0.25) is 0 Å². The highest BCUT2D eigenvalue weighted by Crippen LogP contribution is 2.20. The van der Waals surface area contributed by atoms with Crippen LogP contribution in [0.1, 0.15) is 36.6 Å². The van der Waals surface area contributed by atoms with Crippen LogP contribution in [0.25, 0.3) is 0 Å². The van der Waals surface area contributed by atoms with Gasteiger partial charge in [0.25, 0.3) is 0 Å². The topological polar surface area (TPSA) is 24.1 Å². The number of nitrogens with one attached hydrogen (secondary N) is 2. The lowest BCUT2D eigenvalue weighted by Gasteiger charge is -2.18. The average molecular weight is 333 g/mol. The van der Waals surface area contributed by atoms with Crippen molar-refractivity contribution in [3.05, 3.63) is 64.2 Å². The minimum Gasteiger partial charge on any atom is -0.356 e. The fourth-order valence-electron chi connectivity index (χ4n) is 2.16. The predicted octanol–water partition coefficient (Wildman–Crippen LogP) is 5.26. The average Bonchev–Trinajstić information content (AvgIpc) is 2.51. The highest BCUT2D eigenvalue weighted by atomic mass is 35.5. The summed E-state index contributed by atoms with van der Waals surface area (Å²) < 4.78 is 0. The SMILES string of the molecule is CCc1ccc(C(C)NC(=S)Nc2ccc(C)c(Cl)c2)cc1. The zero-order valence-corrected chi connectivity index (χ0v) is 14.7.